The monoisotopic (exact) mass is 324 g/mol. The molecule has 0 unspecified atom stereocenters. The number of esters is 1. The van der Waals surface area contributed by atoms with Crippen LogP contribution in [0, 0.1) is 0 Å². The summed E-state index contributed by atoms with van der Waals surface area (Å²) in [6, 6.07) is 16.2. The molecule has 1 N–H and O–H groups in total. The van der Waals surface area contributed by atoms with Gasteiger partial charge in [0, 0.05) is 17.9 Å². The van der Waals surface area contributed by atoms with Gasteiger partial charge >= 0.3 is 5.97 Å². The van der Waals surface area contributed by atoms with E-state index in [9.17, 15) is 9.59 Å². The maximum Gasteiger partial charge on any atom is 0.337 e. The van der Waals surface area contributed by atoms with E-state index in [4.69, 9.17) is 4.74 Å². The summed E-state index contributed by atoms with van der Waals surface area (Å²) < 4.78 is 4.69. The molecule has 0 saturated carbocycles. The number of para-hydroxylation sites is 1. The van der Waals surface area contributed by atoms with Gasteiger partial charge in [-0.1, -0.05) is 30.3 Å². The van der Waals surface area contributed by atoms with Gasteiger partial charge in [0.2, 0.25) is 5.91 Å². The summed E-state index contributed by atoms with van der Waals surface area (Å²) in [5.41, 5.74) is 1.92. The number of anilines is 2. The molecule has 0 heterocycles. The fourth-order valence-corrected chi connectivity index (χ4v) is 2.24. The molecule has 24 heavy (non-hydrogen) atoms. The molecule has 0 aliphatic rings. The first-order chi connectivity index (χ1) is 11.7. The maximum atomic E-state index is 12.5. The van der Waals surface area contributed by atoms with Gasteiger partial charge in [-0.2, -0.15) is 0 Å². The van der Waals surface area contributed by atoms with Gasteiger partial charge in [-0.05, 0) is 30.3 Å². The van der Waals surface area contributed by atoms with E-state index in [0.717, 1.165) is 5.69 Å². The number of carbonyl (C=O) groups excluding carboxylic acids is 2. The highest BCUT2D eigenvalue weighted by Gasteiger charge is 2.14. The van der Waals surface area contributed by atoms with Gasteiger partial charge in [0.25, 0.3) is 0 Å². The number of amides is 1. The third kappa shape index (κ3) is 4.46. The zero-order chi connectivity index (χ0) is 17.4. The van der Waals surface area contributed by atoms with Crippen molar-refractivity contribution in [3.8, 4) is 0 Å². The van der Waals surface area contributed by atoms with Crippen LogP contribution < -0.4 is 10.2 Å². The summed E-state index contributed by atoms with van der Waals surface area (Å²) in [5, 5.41) is 3.04. The van der Waals surface area contributed by atoms with E-state index < -0.39 is 5.97 Å². The molecule has 2 aromatic carbocycles. The van der Waals surface area contributed by atoms with Gasteiger partial charge in [-0.25, -0.2) is 4.79 Å². The first kappa shape index (κ1) is 17.3. The van der Waals surface area contributed by atoms with Crippen molar-refractivity contribution in [3.63, 3.8) is 0 Å². The molecule has 0 aliphatic heterocycles. The number of hydrogen-bond acceptors (Lipinski definition) is 4. The second-order valence-electron chi connectivity index (χ2n) is 5.05. The third-order valence-electron chi connectivity index (χ3n) is 3.41. The minimum Gasteiger partial charge on any atom is -0.465 e. The van der Waals surface area contributed by atoms with Crippen LogP contribution in [0.3, 0.4) is 0 Å². The molecule has 0 atom stereocenters. The first-order valence-corrected chi connectivity index (χ1v) is 7.54. The van der Waals surface area contributed by atoms with E-state index in [2.05, 4.69) is 11.9 Å². The zero-order valence-electron chi connectivity index (χ0n) is 13.6. The summed E-state index contributed by atoms with van der Waals surface area (Å²) in [4.78, 5) is 25.7. The fourth-order valence-electron chi connectivity index (χ4n) is 2.24. The standard InChI is InChI=1S/C19H20N2O3/c1-3-12-21(17-10-5-4-6-11-17)18(22)14-20-16-9-7-8-15(13-16)19(23)24-2/h3-11,13,20H,1,12,14H2,2H3. The summed E-state index contributed by atoms with van der Waals surface area (Å²) in [5.74, 6) is -0.507. The average molecular weight is 324 g/mol. The van der Waals surface area contributed by atoms with Crippen molar-refractivity contribution in [3.05, 3.63) is 72.8 Å². The Bertz CT molecular complexity index is 714. The Morgan fingerprint density at radius 3 is 2.58 bits per heavy atom. The first-order valence-electron chi connectivity index (χ1n) is 7.54. The normalized spacial score (nSPS) is 9.88. The van der Waals surface area contributed by atoms with Crippen LogP contribution in [-0.2, 0) is 9.53 Å². The van der Waals surface area contributed by atoms with Crippen molar-refractivity contribution in [2.45, 2.75) is 0 Å². The zero-order valence-corrected chi connectivity index (χ0v) is 13.6. The molecule has 124 valence electrons. The molecule has 0 spiro atoms. The molecule has 2 aromatic rings. The van der Waals surface area contributed by atoms with E-state index >= 15 is 0 Å². The van der Waals surface area contributed by atoms with Crippen LogP contribution in [-0.4, -0.2) is 32.1 Å². The molecule has 1 amide bonds. The highest BCUT2D eigenvalue weighted by Crippen LogP contribution is 2.15. The number of carbonyl (C=O) groups is 2. The highest BCUT2D eigenvalue weighted by molar-refractivity contribution is 5.96. The average Bonchev–Trinajstić information content (AvgIpc) is 2.64. The van der Waals surface area contributed by atoms with Crippen molar-refractivity contribution in [1.82, 2.24) is 0 Å². The van der Waals surface area contributed by atoms with Gasteiger partial charge in [-0.15, -0.1) is 6.58 Å². The topological polar surface area (TPSA) is 58.6 Å². The molecular formula is C19H20N2O3. The lowest BCUT2D eigenvalue weighted by Gasteiger charge is -2.21. The van der Waals surface area contributed by atoms with Crippen LogP contribution in [0.2, 0.25) is 0 Å². The fraction of sp³-hybridized carbons (Fsp3) is 0.158. The number of nitrogens with zero attached hydrogens (tertiary/aromatic N) is 1. The van der Waals surface area contributed by atoms with E-state index in [0.29, 0.717) is 17.8 Å². The van der Waals surface area contributed by atoms with Crippen molar-refractivity contribution in [2.75, 3.05) is 30.4 Å². The van der Waals surface area contributed by atoms with Crippen LogP contribution in [0.15, 0.2) is 67.3 Å². The summed E-state index contributed by atoms with van der Waals surface area (Å²) in [6.45, 7) is 4.23. The number of rotatable bonds is 7. The number of nitrogens with one attached hydrogen (secondary N) is 1. The van der Waals surface area contributed by atoms with Gasteiger partial charge in [-0.3, -0.25) is 4.79 Å². The molecule has 5 heteroatoms. The van der Waals surface area contributed by atoms with E-state index in [1.807, 2.05) is 30.3 Å². The quantitative estimate of drug-likeness (QED) is 0.628. The number of ether oxygens (including phenoxy) is 1. The van der Waals surface area contributed by atoms with Crippen molar-refractivity contribution in [2.24, 2.45) is 0 Å². The second-order valence-corrected chi connectivity index (χ2v) is 5.05. The molecule has 0 radical (unpaired) electrons. The third-order valence-corrected chi connectivity index (χ3v) is 3.41. The van der Waals surface area contributed by atoms with Crippen molar-refractivity contribution in [1.29, 1.82) is 0 Å². The molecule has 0 fully saturated rings. The minimum absolute atomic E-state index is 0.0930. The van der Waals surface area contributed by atoms with Crippen molar-refractivity contribution < 1.29 is 14.3 Å². The van der Waals surface area contributed by atoms with E-state index in [-0.39, 0.29) is 12.5 Å². The lowest BCUT2D eigenvalue weighted by atomic mass is 10.2. The largest absolute Gasteiger partial charge is 0.465 e. The predicted molar refractivity (Wildman–Crippen MR) is 95.3 cm³/mol. The maximum absolute atomic E-state index is 12.5. The highest BCUT2D eigenvalue weighted by atomic mass is 16.5. The van der Waals surface area contributed by atoms with Crippen LogP contribution >= 0.6 is 0 Å². The van der Waals surface area contributed by atoms with Crippen LogP contribution in [0.4, 0.5) is 11.4 Å². The van der Waals surface area contributed by atoms with Crippen LogP contribution in [0.1, 0.15) is 10.4 Å². The Labute approximate surface area is 141 Å². The Morgan fingerprint density at radius 1 is 1.17 bits per heavy atom. The lowest BCUT2D eigenvalue weighted by Crippen LogP contribution is -2.35. The Morgan fingerprint density at radius 2 is 1.92 bits per heavy atom. The van der Waals surface area contributed by atoms with Crippen LogP contribution in [0.5, 0.6) is 0 Å². The minimum atomic E-state index is -0.414. The van der Waals surface area contributed by atoms with Crippen LogP contribution in [0.25, 0.3) is 0 Å². The summed E-state index contributed by atoms with van der Waals surface area (Å²) >= 11 is 0. The number of benzene rings is 2. The summed E-state index contributed by atoms with van der Waals surface area (Å²) in [7, 11) is 1.33. The molecule has 0 bridgehead atoms. The van der Waals surface area contributed by atoms with E-state index in [1.165, 1.54) is 7.11 Å². The molecule has 0 aliphatic carbocycles. The molecule has 5 nitrogen and oxygen atoms in total. The number of hydrogen-bond donors (Lipinski definition) is 1. The Balaban J connectivity index is 2.05. The molecular weight excluding hydrogens is 304 g/mol. The second kappa shape index (κ2) is 8.53. The van der Waals surface area contributed by atoms with Gasteiger partial charge < -0.3 is 15.0 Å². The van der Waals surface area contributed by atoms with Gasteiger partial charge in [0.05, 0.1) is 19.2 Å². The molecule has 0 saturated heterocycles. The van der Waals surface area contributed by atoms with Gasteiger partial charge in [0.15, 0.2) is 0 Å². The lowest BCUT2D eigenvalue weighted by molar-refractivity contribution is -0.116. The smallest absolute Gasteiger partial charge is 0.337 e. The number of methoxy groups -OCH3 is 1. The molecule has 0 aromatic heterocycles. The molecule has 2 rings (SSSR count). The predicted octanol–water partition coefficient (Wildman–Crippen LogP) is 3.10. The van der Waals surface area contributed by atoms with Gasteiger partial charge in [0.1, 0.15) is 0 Å². The Hall–Kier alpha value is -3.08. The Kier molecular flexibility index (Phi) is 6.14. The van der Waals surface area contributed by atoms with E-state index in [1.54, 1.807) is 35.2 Å². The SMILES string of the molecule is C=CCN(C(=O)CNc1cccc(C(=O)OC)c1)c1ccccc1. The van der Waals surface area contributed by atoms with Crippen molar-refractivity contribution >= 4 is 23.3 Å². The summed E-state index contributed by atoms with van der Waals surface area (Å²) in [6.07, 6.45) is 1.68.